The van der Waals surface area contributed by atoms with Crippen LogP contribution in [0.3, 0.4) is 0 Å². The van der Waals surface area contributed by atoms with Crippen molar-refractivity contribution >= 4 is 29.0 Å². The first-order valence-corrected chi connectivity index (χ1v) is 6.29. The summed E-state index contributed by atoms with van der Waals surface area (Å²) in [6.07, 6.45) is 1.19. The molecule has 1 aromatic carbocycles. The van der Waals surface area contributed by atoms with Crippen LogP contribution in [0.4, 0.5) is 6.01 Å². The molecule has 1 fully saturated rings. The molecular formula is C13H13N3O4. The Kier molecular flexibility index (Phi) is 3.02. The molecule has 7 heteroatoms. The standard InChI is InChI=1S/C13H13N3O4/c17-11-4-2-8(6-14-11)15-13-16-9-3-1-7(12(18)19)5-10(9)20-13/h1,3,5,8H,2,4,6H2,(H,14,17)(H,15,16)(H,18,19). The minimum atomic E-state index is -1.01. The number of carbonyl (C=O) groups is 2. The third-order valence-electron chi connectivity index (χ3n) is 3.23. The molecule has 1 aliphatic heterocycles. The van der Waals surface area contributed by atoms with Crippen LogP contribution in [0.5, 0.6) is 0 Å². The van der Waals surface area contributed by atoms with Crippen molar-refractivity contribution in [1.29, 1.82) is 0 Å². The summed E-state index contributed by atoms with van der Waals surface area (Å²) in [6, 6.07) is 4.94. The number of hydrogen-bond donors (Lipinski definition) is 3. The molecule has 0 saturated carbocycles. The highest BCUT2D eigenvalue weighted by Crippen LogP contribution is 2.21. The number of carbonyl (C=O) groups excluding carboxylic acids is 1. The third-order valence-corrected chi connectivity index (χ3v) is 3.23. The minimum absolute atomic E-state index is 0.0479. The average molecular weight is 275 g/mol. The van der Waals surface area contributed by atoms with Crippen LogP contribution in [-0.4, -0.2) is 34.6 Å². The van der Waals surface area contributed by atoms with Crippen LogP contribution < -0.4 is 10.6 Å². The predicted octanol–water partition coefficient (Wildman–Crippen LogP) is 1.22. The van der Waals surface area contributed by atoms with Crippen LogP contribution in [-0.2, 0) is 4.79 Å². The summed E-state index contributed by atoms with van der Waals surface area (Å²) in [6.45, 7) is 0.526. The Morgan fingerprint density at radius 1 is 1.50 bits per heavy atom. The molecule has 0 aliphatic carbocycles. The number of piperidine rings is 1. The van der Waals surface area contributed by atoms with Gasteiger partial charge in [-0.25, -0.2) is 4.79 Å². The van der Waals surface area contributed by atoms with Crippen molar-refractivity contribution in [3.05, 3.63) is 23.8 Å². The number of nitrogens with one attached hydrogen (secondary N) is 2. The Hall–Kier alpha value is -2.57. The summed E-state index contributed by atoms with van der Waals surface area (Å²) in [5.74, 6) is -0.959. The van der Waals surface area contributed by atoms with Crippen LogP contribution in [0.2, 0.25) is 0 Å². The number of anilines is 1. The molecule has 104 valence electrons. The van der Waals surface area contributed by atoms with Gasteiger partial charge in [0.2, 0.25) is 5.91 Å². The summed E-state index contributed by atoms with van der Waals surface area (Å²) in [5.41, 5.74) is 1.18. The fraction of sp³-hybridized carbons (Fsp3) is 0.308. The van der Waals surface area contributed by atoms with E-state index in [-0.39, 0.29) is 17.5 Å². The number of aromatic nitrogens is 1. The molecule has 7 nitrogen and oxygen atoms in total. The molecule has 1 aliphatic rings. The minimum Gasteiger partial charge on any atom is -0.478 e. The van der Waals surface area contributed by atoms with Crippen molar-refractivity contribution in [1.82, 2.24) is 10.3 Å². The number of fused-ring (bicyclic) bond motifs is 1. The maximum atomic E-state index is 11.1. The van der Waals surface area contributed by atoms with Crippen LogP contribution in [0, 0.1) is 0 Å². The quantitative estimate of drug-likeness (QED) is 0.778. The summed E-state index contributed by atoms with van der Waals surface area (Å²) in [5, 5.41) is 14.8. The topological polar surface area (TPSA) is 104 Å². The van der Waals surface area contributed by atoms with E-state index in [0.29, 0.717) is 36.5 Å². The van der Waals surface area contributed by atoms with Gasteiger partial charge in [0.05, 0.1) is 5.56 Å². The van der Waals surface area contributed by atoms with E-state index in [9.17, 15) is 9.59 Å². The van der Waals surface area contributed by atoms with Crippen molar-refractivity contribution in [3.63, 3.8) is 0 Å². The highest BCUT2D eigenvalue weighted by Gasteiger charge is 2.19. The van der Waals surface area contributed by atoms with Crippen LogP contribution in [0.25, 0.3) is 11.1 Å². The monoisotopic (exact) mass is 275 g/mol. The number of benzene rings is 1. The summed E-state index contributed by atoms with van der Waals surface area (Å²) >= 11 is 0. The van der Waals surface area contributed by atoms with Gasteiger partial charge in [-0.2, -0.15) is 4.98 Å². The number of hydrogen-bond acceptors (Lipinski definition) is 5. The zero-order valence-corrected chi connectivity index (χ0v) is 10.5. The average Bonchev–Trinajstić information content (AvgIpc) is 2.82. The van der Waals surface area contributed by atoms with E-state index in [1.807, 2.05) is 0 Å². The Labute approximate surface area is 114 Å². The molecule has 3 rings (SSSR count). The van der Waals surface area contributed by atoms with Gasteiger partial charge in [0.1, 0.15) is 5.52 Å². The van der Waals surface area contributed by atoms with Gasteiger partial charge in [-0.3, -0.25) is 4.79 Å². The van der Waals surface area contributed by atoms with Crippen molar-refractivity contribution in [2.45, 2.75) is 18.9 Å². The highest BCUT2D eigenvalue weighted by atomic mass is 16.4. The molecule has 0 spiro atoms. The first-order chi connectivity index (χ1) is 9.61. The lowest BCUT2D eigenvalue weighted by Crippen LogP contribution is -2.41. The molecule has 1 aromatic heterocycles. The van der Waals surface area contributed by atoms with Gasteiger partial charge in [0, 0.05) is 19.0 Å². The predicted molar refractivity (Wildman–Crippen MR) is 70.6 cm³/mol. The molecule has 2 heterocycles. The summed E-state index contributed by atoms with van der Waals surface area (Å²) in [7, 11) is 0. The number of carboxylic acids is 1. The van der Waals surface area contributed by atoms with E-state index in [1.54, 1.807) is 6.07 Å². The zero-order valence-electron chi connectivity index (χ0n) is 10.5. The molecule has 0 bridgehead atoms. The van der Waals surface area contributed by atoms with E-state index in [2.05, 4.69) is 15.6 Å². The summed E-state index contributed by atoms with van der Waals surface area (Å²) in [4.78, 5) is 26.2. The van der Waals surface area contributed by atoms with Gasteiger partial charge < -0.3 is 20.2 Å². The number of carboxylic acid groups (broad SMARTS) is 1. The van der Waals surface area contributed by atoms with Crippen molar-refractivity contribution in [2.75, 3.05) is 11.9 Å². The Balaban J connectivity index is 1.78. The van der Waals surface area contributed by atoms with Gasteiger partial charge in [-0.15, -0.1) is 0 Å². The van der Waals surface area contributed by atoms with E-state index < -0.39 is 5.97 Å². The molecule has 0 radical (unpaired) electrons. The number of aromatic carboxylic acids is 1. The lowest BCUT2D eigenvalue weighted by Gasteiger charge is -2.22. The molecule has 20 heavy (non-hydrogen) atoms. The van der Waals surface area contributed by atoms with Crippen LogP contribution >= 0.6 is 0 Å². The van der Waals surface area contributed by atoms with Gasteiger partial charge in [0.25, 0.3) is 6.01 Å². The fourth-order valence-electron chi connectivity index (χ4n) is 2.15. The number of oxazole rings is 1. The number of nitrogens with zero attached hydrogens (tertiary/aromatic N) is 1. The fourth-order valence-corrected chi connectivity index (χ4v) is 2.15. The first-order valence-electron chi connectivity index (χ1n) is 6.29. The second-order valence-corrected chi connectivity index (χ2v) is 4.69. The van der Waals surface area contributed by atoms with E-state index >= 15 is 0 Å². The molecule has 3 N–H and O–H groups in total. The molecular weight excluding hydrogens is 262 g/mol. The van der Waals surface area contributed by atoms with Crippen molar-refractivity contribution in [2.24, 2.45) is 0 Å². The molecule has 1 atom stereocenters. The second-order valence-electron chi connectivity index (χ2n) is 4.69. The van der Waals surface area contributed by atoms with Crippen molar-refractivity contribution in [3.8, 4) is 0 Å². The molecule has 1 unspecified atom stereocenters. The number of amides is 1. The maximum Gasteiger partial charge on any atom is 0.335 e. The number of rotatable bonds is 3. The maximum absolute atomic E-state index is 11.1. The van der Waals surface area contributed by atoms with Crippen LogP contribution in [0.15, 0.2) is 22.6 Å². The van der Waals surface area contributed by atoms with Gasteiger partial charge in [0.15, 0.2) is 5.58 Å². The van der Waals surface area contributed by atoms with E-state index in [1.165, 1.54) is 12.1 Å². The Morgan fingerprint density at radius 3 is 3.05 bits per heavy atom. The first kappa shape index (κ1) is 12.5. The smallest absolute Gasteiger partial charge is 0.335 e. The van der Waals surface area contributed by atoms with Gasteiger partial charge in [-0.1, -0.05) is 0 Å². The van der Waals surface area contributed by atoms with Crippen LogP contribution in [0.1, 0.15) is 23.2 Å². The lowest BCUT2D eigenvalue weighted by molar-refractivity contribution is -0.122. The normalized spacial score (nSPS) is 18.8. The lowest BCUT2D eigenvalue weighted by atomic mass is 10.1. The molecule has 1 saturated heterocycles. The Morgan fingerprint density at radius 2 is 2.35 bits per heavy atom. The van der Waals surface area contributed by atoms with E-state index in [0.717, 1.165) is 0 Å². The SMILES string of the molecule is O=C1CCC(Nc2nc3ccc(C(=O)O)cc3o2)CN1. The molecule has 2 aromatic rings. The molecule has 1 amide bonds. The van der Waals surface area contributed by atoms with Crippen molar-refractivity contribution < 1.29 is 19.1 Å². The van der Waals surface area contributed by atoms with E-state index in [4.69, 9.17) is 9.52 Å². The van der Waals surface area contributed by atoms with Gasteiger partial charge >= 0.3 is 5.97 Å². The highest BCUT2D eigenvalue weighted by molar-refractivity contribution is 5.92. The third kappa shape index (κ3) is 2.42. The second kappa shape index (κ2) is 4.84. The van der Waals surface area contributed by atoms with Gasteiger partial charge in [-0.05, 0) is 24.6 Å². The summed E-state index contributed by atoms with van der Waals surface area (Å²) < 4.78 is 5.49. The Bertz CT molecular complexity index is 669. The largest absolute Gasteiger partial charge is 0.478 e. The zero-order chi connectivity index (χ0) is 14.1.